The normalized spacial score (nSPS) is 17.7. The van der Waals surface area contributed by atoms with E-state index in [1.807, 2.05) is 18.3 Å². The van der Waals surface area contributed by atoms with Crippen LogP contribution in [0.3, 0.4) is 0 Å². The number of rotatable bonds is 5. The Morgan fingerprint density at radius 3 is 2.73 bits per heavy atom. The van der Waals surface area contributed by atoms with Crippen molar-refractivity contribution in [3.63, 3.8) is 0 Å². The van der Waals surface area contributed by atoms with Crippen LogP contribution in [-0.2, 0) is 31.0 Å². The number of likely N-dealkylation sites (tertiary alicyclic amines) is 1. The van der Waals surface area contributed by atoms with Crippen LogP contribution in [0.15, 0.2) is 47.7 Å². The molecule has 2 aliphatic rings. The number of hydrogen-bond acceptors (Lipinski definition) is 6. The number of hydrogen-bond donors (Lipinski definition) is 0. The van der Waals surface area contributed by atoms with E-state index >= 15 is 0 Å². The van der Waals surface area contributed by atoms with Crippen molar-refractivity contribution in [3.05, 3.63) is 64.7 Å². The maximum atomic E-state index is 12.3. The summed E-state index contributed by atoms with van der Waals surface area (Å²) in [6, 6.07) is 7.23. The molecule has 0 unspecified atom stereocenters. The molecule has 3 aromatic heterocycles. The highest BCUT2D eigenvalue weighted by molar-refractivity contribution is 5.56. The summed E-state index contributed by atoms with van der Waals surface area (Å²) >= 11 is 0. The number of imidazole rings is 1. The van der Waals surface area contributed by atoms with E-state index in [0.717, 1.165) is 62.7 Å². The summed E-state index contributed by atoms with van der Waals surface area (Å²) in [5.41, 5.74) is 3.02. The predicted octanol–water partition coefficient (Wildman–Crippen LogP) is 1.94. The molecule has 0 radical (unpaired) electrons. The first-order chi connectivity index (χ1) is 14.8. The van der Waals surface area contributed by atoms with Gasteiger partial charge in [-0.15, -0.1) is 0 Å². The molecule has 0 saturated carbocycles. The highest BCUT2D eigenvalue weighted by Gasteiger charge is 2.23. The molecule has 1 fully saturated rings. The predicted molar refractivity (Wildman–Crippen MR) is 112 cm³/mol. The molecule has 0 aliphatic carbocycles. The Hall–Kier alpha value is -2.84. The second-order valence-electron chi connectivity index (χ2n) is 8.06. The topological polar surface area (TPSA) is 78.1 Å². The highest BCUT2D eigenvalue weighted by atomic mass is 16.5. The number of piperidine rings is 1. The zero-order valence-corrected chi connectivity index (χ0v) is 17.0. The minimum atomic E-state index is -0.0386. The molecule has 5 rings (SSSR count). The molecule has 1 saturated heterocycles. The molecule has 0 atom stereocenters. The van der Waals surface area contributed by atoms with Gasteiger partial charge < -0.3 is 9.30 Å². The summed E-state index contributed by atoms with van der Waals surface area (Å²) in [5.74, 6) is 1.50. The maximum absolute atomic E-state index is 12.3. The lowest BCUT2D eigenvalue weighted by atomic mass is 9.96. The molecule has 5 heterocycles. The summed E-state index contributed by atoms with van der Waals surface area (Å²) in [5, 5.41) is 4.60. The van der Waals surface area contributed by atoms with E-state index in [9.17, 15) is 4.79 Å². The smallest absolute Gasteiger partial charge is 0.266 e. The lowest BCUT2D eigenvalue weighted by Crippen LogP contribution is -2.37. The first kappa shape index (κ1) is 19.1. The van der Waals surface area contributed by atoms with Crippen LogP contribution in [0.2, 0.25) is 0 Å². The van der Waals surface area contributed by atoms with Gasteiger partial charge in [-0.3, -0.25) is 14.7 Å². The Balaban J connectivity index is 1.20. The second kappa shape index (κ2) is 8.49. The van der Waals surface area contributed by atoms with E-state index in [1.165, 1.54) is 5.69 Å². The molecule has 0 bridgehead atoms. The third-order valence-electron chi connectivity index (χ3n) is 6.08. The van der Waals surface area contributed by atoms with Gasteiger partial charge in [-0.1, -0.05) is 0 Å². The van der Waals surface area contributed by atoms with E-state index in [1.54, 1.807) is 29.2 Å². The fraction of sp³-hybridized carbons (Fsp3) is 0.455. The molecular formula is C22H26N6O2. The Morgan fingerprint density at radius 1 is 1.07 bits per heavy atom. The average Bonchev–Trinajstić information content (AvgIpc) is 3.20. The molecule has 156 valence electrons. The SMILES string of the molecule is O=c1ccc(-c2ccncc2)nn1CC1CCN(Cc2cnc3n2CCOC3)CC1. The first-order valence-electron chi connectivity index (χ1n) is 10.6. The maximum Gasteiger partial charge on any atom is 0.266 e. The summed E-state index contributed by atoms with van der Waals surface area (Å²) in [4.78, 5) is 23.4. The molecule has 3 aromatic rings. The van der Waals surface area contributed by atoms with Gasteiger partial charge in [0.1, 0.15) is 12.4 Å². The minimum Gasteiger partial charge on any atom is -0.372 e. The summed E-state index contributed by atoms with van der Waals surface area (Å²) in [6.45, 7) is 5.92. The quantitative estimate of drug-likeness (QED) is 0.644. The monoisotopic (exact) mass is 406 g/mol. The van der Waals surface area contributed by atoms with Crippen molar-refractivity contribution in [2.24, 2.45) is 5.92 Å². The lowest BCUT2D eigenvalue weighted by Gasteiger charge is -2.32. The van der Waals surface area contributed by atoms with Crippen LogP contribution >= 0.6 is 0 Å². The van der Waals surface area contributed by atoms with Gasteiger partial charge in [-0.05, 0) is 50.0 Å². The molecule has 30 heavy (non-hydrogen) atoms. The molecule has 0 aromatic carbocycles. The molecule has 0 spiro atoms. The third-order valence-corrected chi connectivity index (χ3v) is 6.08. The Labute approximate surface area is 175 Å². The van der Waals surface area contributed by atoms with E-state index in [-0.39, 0.29) is 5.56 Å². The molecule has 8 heteroatoms. The van der Waals surface area contributed by atoms with E-state index in [0.29, 0.717) is 19.1 Å². The van der Waals surface area contributed by atoms with Crippen molar-refractivity contribution in [2.45, 2.75) is 39.1 Å². The Kier molecular flexibility index (Phi) is 5.42. The first-order valence-corrected chi connectivity index (χ1v) is 10.6. The Bertz CT molecular complexity index is 1050. The molecule has 8 nitrogen and oxygen atoms in total. The second-order valence-corrected chi connectivity index (χ2v) is 8.06. The fourth-order valence-corrected chi connectivity index (χ4v) is 4.34. The molecule has 0 N–H and O–H groups in total. The molecular weight excluding hydrogens is 380 g/mol. The van der Waals surface area contributed by atoms with Crippen molar-refractivity contribution in [2.75, 3.05) is 19.7 Å². The van der Waals surface area contributed by atoms with Crippen LogP contribution in [-0.4, -0.2) is 48.9 Å². The van der Waals surface area contributed by atoms with E-state index in [2.05, 4.69) is 24.5 Å². The van der Waals surface area contributed by atoms with Crippen molar-refractivity contribution >= 4 is 0 Å². The molecule has 2 aliphatic heterocycles. The average molecular weight is 406 g/mol. The van der Waals surface area contributed by atoms with Crippen molar-refractivity contribution in [3.8, 4) is 11.3 Å². The minimum absolute atomic E-state index is 0.0386. The van der Waals surface area contributed by atoms with Gasteiger partial charge in [0.2, 0.25) is 0 Å². The van der Waals surface area contributed by atoms with Crippen molar-refractivity contribution in [1.29, 1.82) is 0 Å². The van der Waals surface area contributed by atoms with Crippen LogP contribution in [0.1, 0.15) is 24.4 Å². The number of aromatic nitrogens is 5. The van der Waals surface area contributed by atoms with Gasteiger partial charge in [0.05, 0.1) is 18.0 Å². The zero-order valence-electron chi connectivity index (χ0n) is 17.0. The number of pyridine rings is 1. The van der Waals surface area contributed by atoms with Gasteiger partial charge in [0.25, 0.3) is 5.56 Å². The van der Waals surface area contributed by atoms with Gasteiger partial charge in [0, 0.05) is 49.9 Å². The van der Waals surface area contributed by atoms with Crippen LogP contribution in [0.4, 0.5) is 0 Å². The van der Waals surface area contributed by atoms with Crippen LogP contribution in [0, 0.1) is 5.92 Å². The van der Waals surface area contributed by atoms with Crippen LogP contribution < -0.4 is 5.56 Å². The number of nitrogens with zero attached hydrogens (tertiary/aromatic N) is 6. The van der Waals surface area contributed by atoms with Crippen LogP contribution in [0.5, 0.6) is 0 Å². The van der Waals surface area contributed by atoms with E-state index in [4.69, 9.17) is 4.74 Å². The summed E-state index contributed by atoms with van der Waals surface area (Å²) in [6.07, 6.45) is 7.61. The summed E-state index contributed by atoms with van der Waals surface area (Å²) < 4.78 is 9.41. The van der Waals surface area contributed by atoms with Gasteiger partial charge in [-0.25, -0.2) is 9.67 Å². The fourth-order valence-electron chi connectivity index (χ4n) is 4.34. The number of fused-ring (bicyclic) bond motifs is 1. The largest absolute Gasteiger partial charge is 0.372 e. The van der Waals surface area contributed by atoms with Gasteiger partial charge >= 0.3 is 0 Å². The highest BCUT2D eigenvalue weighted by Crippen LogP contribution is 2.22. The molecule has 0 amide bonds. The third kappa shape index (κ3) is 4.06. The van der Waals surface area contributed by atoms with Crippen molar-refractivity contribution in [1.82, 2.24) is 29.2 Å². The zero-order chi connectivity index (χ0) is 20.3. The van der Waals surface area contributed by atoms with Gasteiger partial charge in [0.15, 0.2) is 0 Å². The lowest BCUT2D eigenvalue weighted by molar-refractivity contribution is 0.0788. The van der Waals surface area contributed by atoms with Crippen LogP contribution in [0.25, 0.3) is 11.3 Å². The Morgan fingerprint density at radius 2 is 1.90 bits per heavy atom. The van der Waals surface area contributed by atoms with Gasteiger partial charge in [-0.2, -0.15) is 5.10 Å². The summed E-state index contributed by atoms with van der Waals surface area (Å²) in [7, 11) is 0. The number of ether oxygens (including phenoxy) is 1. The van der Waals surface area contributed by atoms with E-state index < -0.39 is 0 Å². The van der Waals surface area contributed by atoms with Crippen molar-refractivity contribution < 1.29 is 4.74 Å². The standard InChI is InChI=1S/C22H26N6O2/c29-22-2-1-20(18-3-7-23-8-4-18)25-28(22)14-17-5-9-26(10-6-17)15-19-13-24-21-16-30-12-11-27(19)21/h1-4,7-8,13,17H,5-6,9-12,14-16H2.